The lowest BCUT2D eigenvalue weighted by Gasteiger charge is -2.07. The van der Waals surface area contributed by atoms with Gasteiger partial charge in [-0.05, 0) is 35.4 Å². The SMILES string of the molecule is N#Cc1nc2nc3ccc(-c4ccc5nc6nc(C#N)c(C#N)nc6nc5c4)cc3nc2nc1C#N. The van der Waals surface area contributed by atoms with Gasteiger partial charge in [-0.25, -0.2) is 39.9 Å². The smallest absolute Gasteiger partial charge is 0.199 e. The van der Waals surface area contributed by atoms with E-state index < -0.39 is 0 Å². The zero-order chi connectivity index (χ0) is 24.8. The molecular formula is C24H6N12. The van der Waals surface area contributed by atoms with E-state index >= 15 is 0 Å². The lowest BCUT2D eigenvalue weighted by molar-refractivity contribution is 1.14. The Morgan fingerprint density at radius 1 is 0.389 bits per heavy atom. The van der Waals surface area contributed by atoms with Crippen LogP contribution in [-0.2, 0) is 0 Å². The molecule has 6 rings (SSSR count). The first-order valence-electron chi connectivity index (χ1n) is 10.2. The molecule has 12 heteroatoms. The van der Waals surface area contributed by atoms with Crippen LogP contribution in [0.2, 0.25) is 0 Å². The highest BCUT2D eigenvalue weighted by Gasteiger charge is 2.14. The third-order valence-electron chi connectivity index (χ3n) is 5.33. The number of benzene rings is 2. The molecule has 0 N–H and O–H groups in total. The Bertz CT molecular complexity index is 1950. The summed E-state index contributed by atoms with van der Waals surface area (Å²) in [6, 6.07) is 18.3. The normalized spacial score (nSPS) is 10.7. The largest absolute Gasteiger partial charge is 0.224 e. The molecule has 0 unspecified atom stereocenters. The molecule has 0 aliphatic rings. The molecule has 4 heterocycles. The van der Waals surface area contributed by atoms with E-state index in [-0.39, 0.29) is 45.4 Å². The lowest BCUT2D eigenvalue weighted by atomic mass is 10.0. The molecule has 0 bridgehead atoms. The summed E-state index contributed by atoms with van der Waals surface area (Å²) in [5, 5.41) is 36.8. The third kappa shape index (κ3) is 3.12. The van der Waals surface area contributed by atoms with Gasteiger partial charge in [-0.15, -0.1) is 0 Å². The molecule has 162 valence electrons. The van der Waals surface area contributed by atoms with E-state index in [2.05, 4.69) is 39.9 Å². The van der Waals surface area contributed by atoms with E-state index in [0.717, 1.165) is 11.1 Å². The summed E-state index contributed by atoms with van der Waals surface area (Å²) in [4.78, 5) is 34.3. The topological polar surface area (TPSA) is 198 Å². The van der Waals surface area contributed by atoms with Crippen molar-refractivity contribution in [3.63, 3.8) is 0 Å². The van der Waals surface area contributed by atoms with Crippen molar-refractivity contribution in [3.8, 4) is 35.4 Å². The van der Waals surface area contributed by atoms with Crippen LogP contribution in [0.5, 0.6) is 0 Å². The van der Waals surface area contributed by atoms with Crippen LogP contribution in [0.4, 0.5) is 0 Å². The molecule has 0 radical (unpaired) electrons. The minimum absolute atomic E-state index is 0.101. The molecule has 6 aromatic rings. The number of nitrogens with zero attached hydrogens (tertiary/aromatic N) is 12. The maximum Gasteiger partial charge on any atom is 0.199 e. The van der Waals surface area contributed by atoms with Gasteiger partial charge >= 0.3 is 0 Å². The van der Waals surface area contributed by atoms with E-state index in [1.807, 2.05) is 48.5 Å². The first kappa shape index (κ1) is 20.4. The van der Waals surface area contributed by atoms with Gasteiger partial charge in [-0.1, -0.05) is 12.1 Å². The summed E-state index contributed by atoms with van der Waals surface area (Å²) in [6.45, 7) is 0. The fraction of sp³-hybridized carbons (Fsp3) is 0. The fourth-order valence-electron chi connectivity index (χ4n) is 3.68. The standard InChI is InChI=1S/C24H6N12/c25-7-17-19(9-27)35-23-21(33-17)29-13-3-1-11(5-15(13)31-23)12-2-4-14-16(6-12)32-24-22(30-14)34-18(8-26)20(10-28)36-24/h1-6H. The number of rotatable bonds is 1. The van der Waals surface area contributed by atoms with E-state index in [9.17, 15) is 21.0 Å². The zero-order valence-electron chi connectivity index (χ0n) is 17.8. The summed E-state index contributed by atoms with van der Waals surface area (Å²) in [5.41, 5.74) is 4.03. The molecule has 4 aromatic heterocycles. The Morgan fingerprint density at radius 2 is 0.694 bits per heavy atom. The summed E-state index contributed by atoms with van der Waals surface area (Å²) in [7, 11) is 0. The van der Waals surface area contributed by atoms with Crippen LogP contribution in [0.1, 0.15) is 22.8 Å². The predicted octanol–water partition coefficient (Wildman–Crippen LogP) is 2.61. The molecule has 0 atom stereocenters. The van der Waals surface area contributed by atoms with E-state index in [1.165, 1.54) is 0 Å². The predicted molar refractivity (Wildman–Crippen MR) is 123 cm³/mol. The Balaban J connectivity index is 1.49. The van der Waals surface area contributed by atoms with Crippen LogP contribution in [-0.4, -0.2) is 39.9 Å². The molecule has 0 saturated carbocycles. The monoisotopic (exact) mass is 462 g/mol. The van der Waals surface area contributed by atoms with Gasteiger partial charge in [0.25, 0.3) is 0 Å². The quantitative estimate of drug-likeness (QED) is 0.324. The Kier molecular flexibility index (Phi) is 4.34. The maximum absolute atomic E-state index is 9.22. The highest BCUT2D eigenvalue weighted by atomic mass is 15.0. The average molecular weight is 462 g/mol. The number of aromatic nitrogens is 8. The molecule has 0 spiro atoms. The molecule has 0 amide bonds. The van der Waals surface area contributed by atoms with E-state index in [4.69, 9.17) is 0 Å². The van der Waals surface area contributed by atoms with Crippen LogP contribution in [0, 0.1) is 45.3 Å². The summed E-state index contributed by atoms with van der Waals surface area (Å²) in [5.74, 6) is 0. The second-order valence-electron chi connectivity index (χ2n) is 7.44. The first-order chi connectivity index (χ1) is 17.6. The summed E-state index contributed by atoms with van der Waals surface area (Å²) >= 11 is 0. The second kappa shape index (κ2) is 7.67. The maximum atomic E-state index is 9.22. The summed E-state index contributed by atoms with van der Waals surface area (Å²) in [6.07, 6.45) is 0. The minimum Gasteiger partial charge on any atom is -0.224 e. The Hall–Kier alpha value is -6.24. The van der Waals surface area contributed by atoms with Crippen LogP contribution in [0.25, 0.3) is 55.8 Å². The fourth-order valence-corrected chi connectivity index (χ4v) is 3.68. The van der Waals surface area contributed by atoms with Crippen molar-refractivity contribution >= 4 is 44.7 Å². The van der Waals surface area contributed by atoms with Crippen LogP contribution < -0.4 is 0 Å². The molecule has 0 aliphatic carbocycles. The van der Waals surface area contributed by atoms with E-state index in [1.54, 1.807) is 12.1 Å². The highest BCUT2D eigenvalue weighted by Crippen LogP contribution is 2.27. The van der Waals surface area contributed by atoms with Crippen LogP contribution >= 0.6 is 0 Å². The van der Waals surface area contributed by atoms with Gasteiger partial charge in [0.2, 0.25) is 0 Å². The van der Waals surface area contributed by atoms with Gasteiger partial charge in [-0.2, -0.15) is 21.0 Å². The molecule has 12 nitrogen and oxygen atoms in total. The Labute approximate surface area is 200 Å². The van der Waals surface area contributed by atoms with Crippen molar-refractivity contribution in [2.45, 2.75) is 0 Å². The van der Waals surface area contributed by atoms with Gasteiger partial charge in [0, 0.05) is 0 Å². The number of fused-ring (bicyclic) bond motifs is 4. The second-order valence-corrected chi connectivity index (χ2v) is 7.44. The zero-order valence-corrected chi connectivity index (χ0v) is 17.8. The number of hydrogen-bond acceptors (Lipinski definition) is 12. The van der Waals surface area contributed by atoms with E-state index in [0.29, 0.717) is 22.1 Å². The van der Waals surface area contributed by atoms with Crippen LogP contribution in [0.3, 0.4) is 0 Å². The van der Waals surface area contributed by atoms with Gasteiger partial charge in [0.15, 0.2) is 45.4 Å². The number of hydrogen-bond donors (Lipinski definition) is 0. The average Bonchev–Trinajstić information content (AvgIpc) is 2.92. The van der Waals surface area contributed by atoms with Crippen molar-refractivity contribution in [1.29, 1.82) is 21.0 Å². The van der Waals surface area contributed by atoms with Crippen LogP contribution in [0.15, 0.2) is 36.4 Å². The minimum atomic E-state index is -0.111. The van der Waals surface area contributed by atoms with Crippen molar-refractivity contribution in [2.24, 2.45) is 0 Å². The van der Waals surface area contributed by atoms with Gasteiger partial charge < -0.3 is 0 Å². The molecule has 36 heavy (non-hydrogen) atoms. The first-order valence-corrected chi connectivity index (χ1v) is 10.2. The number of nitriles is 4. The lowest BCUT2D eigenvalue weighted by Crippen LogP contribution is -2.00. The third-order valence-corrected chi connectivity index (χ3v) is 5.33. The van der Waals surface area contributed by atoms with Gasteiger partial charge in [-0.3, -0.25) is 0 Å². The summed E-state index contributed by atoms with van der Waals surface area (Å²) < 4.78 is 0. The van der Waals surface area contributed by atoms with Crippen molar-refractivity contribution in [2.75, 3.05) is 0 Å². The molecule has 2 aromatic carbocycles. The van der Waals surface area contributed by atoms with Crippen molar-refractivity contribution in [3.05, 3.63) is 59.2 Å². The highest BCUT2D eigenvalue weighted by molar-refractivity contribution is 5.90. The van der Waals surface area contributed by atoms with Gasteiger partial charge in [0.05, 0.1) is 22.1 Å². The molecule has 0 fully saturated rings. The van der Waals surface area contributed by atoms with Gasteiger partial charge in [0.1, 0.15) is 24.3 Å². The molecular weight excluding hydrogens is 456 g/mol. The molecule has 0 aliphatic heterocycles. The van der Waals surface area contributed by atoms with Crippen molar-refractivity contribution < 1.29 is 0 Å². The Morgan fingerprint density at radius 3 is 1.00 bits per heavy atom. The van der Waals surface area contributed by atoms with Crippen molar-refractivity contribution in [1.82, 2.24) is 39.9 Å². The molecule has 0 saturated heterocycles.